The molecular formula is C17H25N3O2. The first-order chi connectivity index (χ1) is 10.4. The van der Waals surface area contributed by atoms with Gasteiger partial charge in [-0.15, -0.1) is 0 Å². The maximum absolute atomic E-state index is 12.4. The number of nitrogen functional groups attached to an aromatic ring is 1. The molecule has 0 bridgehead atoms. The highest BCUT2D eigenvalue weighted by atomic mass is 16.5. The van der Waals surface area contributed by atoms with Crippen molar-refractivity contribution >= 4 is 22.7 Å². The molecule has 5 nitrogen and oxygen atoms in total. The van der Waals surface area contributed by atoms with Crippen molar-refractivity contribution in [3.05, 3.63) is 24.0 Å². The van der Waals surface area contributed by atoms with Crippen LogP contribution in [0.15, 0.2) is 18.2 Å². The van der Waals surface area contributed by atoms with Crippen LogP contribution in [0.2, 0.25) is 0 Å². The van der Waals surface area contributed by atoms with Crippen LogP contribution in [0.3, 0.4) is 0 Å². The molecule has 2 N–H and O–H groups in total. The maximum Gasteiger partial charge on any atom is 0.329 e. The third-order valence-corrected chi connectivity index (χ3v) is 3.92. The Hall–Kier alpha value is -2.04. The van der Waals surface area contributed by atoms with E-state index in [1.807, 2.05) is 43.5 Å². The molecule has 2 unspecified atom stereocenters. The first-order valence-corrected chi connectivity index (χ1v) is 7.83. The van der Waals surface area contributed by atoms with Gasteiger partial charge < -0.3 is 15.0 Å². The van der Waals surface area contributed by atoms with Gasteiger partial charge in [0.05, 0.1) is 17.3 Å². The van der Waals surface area contributed by atoms with Gasteiger partial charge in [0.2, 0.25) is 0 Å². The fourth-order valence-electron chi connectivity index (χ4n) is 2.46. The summed E-state index contributed by atoms with van der Waals surface area (Å²) in [6.07, 6.45) is 0.713. The number of fused-ring (bicyclic) bond motifs is 1. The highest BCUT2D eigenvalue weighted by Gasteiger charge is 2.25. The van der Waals surface area contributed by atoms with E-state index in [2.05, 4.69) is 18.8 Å². The largest absolute Gasteiger partial charge is 0.461 e. The van der Waals surface area contributed by atoms with E-state index in [0.29, 0.717) is 5.69 Å². The van der Waals surface area contributed by atoms with Crippen LogP contribution in [0.1, 0.15) is 58.8 Å². The van der Waals surface area contributed by atoms with Crippen LogP contribution in [0.4, 0.5) is 5.69 Å². The summed E-state index contributed by atoms with van der Waals surface area (Å²) < 4.78 is 7.43. The number of hydrogen-bond acceptors (Lipinski definition) is 4. The van der Waals surface area contributed by atoms with Crippen molar-refractivity contribution in [2.24, 2.45) is 0 Å². The zero-order valence-corrected chi connectivity index (χ0v) is 14.0. The number of carbonyl (C=O) groups is 1. The number of carbonyl (C=O) groups excluding carboxylic acids is 1. The first-order valence-electron chi connectivity index (χ1n) is 7.83. The van der Waals surface area contributed by atoms with Crippen LogP contribution in [0.5, 0.6) is 0 Å². The van der Waals surface area contributed by atoms with Crippen molar-refractivity contribution < 1.29 is 9.53 Å². The topological polar surface area (TPSA) is 70.1 Å². The number of para-hydroxylation sites is 1. The molecule has 0 amide bonds. The van der Waals surface area contributed by atoms with E-state index in [1.165, 1.54) is 0 Å². The van der Waals surface area contributed by atoms with E-state index >= 15 is 0 Å². The molecule has 0 spiro atoms. The van der Waals surface area contributed by atoms with E-state index < -0.39 is 6.04 Å². The number of ether oxygens (including phenoxy) is 1. The summed E-state index contributed by atoms with van der Waals surface area (Å²) >= 11 is 0. The fraction of sp³-hybridized carbons (Fsp3) is 0.529. The minimum Gasteiger partial charge on any atom is -0.461 e. The van der Waals surface area contributed by atoms with Gasteiger partial charge in [-0.3, -0.25) is 0 Å². The summed E-state index contributed by atoms with van der Waals surface area (Å²) in [6, 6.07) is 5.22. The van der Waals surface area contributed by atoms with Crippen LogP contribution in [0, 0.1) is 0 Å². The summed E-state index contributed by atoms with van der Waals surface area (Å²) in [4.78, 5) is 17.1. The standard InChI is InChI=1S/C17H25N3O2/c1-6-11(4)22-17(21)12(5)20-14-9-7-8-13(18)15(14)19-16(20)10(2)3/h7-12H,6,18H2,1-5H3. The van der Waals surface area contributed by atoms with Crippen LogP contribution in [0.25, 0.3) is 11.0 Å². The minimum absolute atomic E-state index is 0.0858. The predicted molar refractivity (Wildman–Crippen MR) is 88.8 cm³/mol. The molecule has 22 heavy (non-hydrogen) atoms. The van der Waals surface area contributed by atoms with Gasteiger partial charge in [-0.2, -0.15) is 0 Å². The Morgan fingerprint density at radius 3 is 2.59 bits per heavy atom. The number of hydrogen-bond donors (Lipinski definition) is 1. The zero-order valence-electron chi connectivity index (χ0n) is 14.0. The number of nitrogens with zero attached hydrogens (tertiary/aromatic N) is 2. The average Bonchev–Trinajstić information content (AvgIpc) is 2.87. The van der Waals surface area contributed by atoms with Gasteiger partial charge in [-0.25, -0.2) is 9.78 Å². The summed E-state index contributed by atoms with van der Waals surface area (Å²) in [5.74, 6) is 0.796. The van der Waals surface area contributed by atoms with E-state index in [-0.39, 0.29) is 18.0 Å². The second-order valence-electron chi connectivity index (χ2n) is 6.04. The van der Waals surface area contributed by atoms with Crippen LogP contribution >= 0.6 is 0 Å². The lowest BCUT2D eigenvalue weighted by atomic mass is 10.2. The summed E-state index contributed by atoms with van der Waals surface area (Å²) in [7, 11) is 0. The van der Waals surface area contributed by atoms with Gasteiger partial charge in [-0.05, 0) is 32.4 Å². The Labute approximate surface area is 131 Å². The second-order valence-corrected chi connectivity index (χ2v) is 6.04. The maximum atomic E-state index is 12.4. The fourth-order valence-corrected chi connectivity index (χ4v) is 2.46. The van der Waals surface area contributed by atoms with Crippen molar-refractivity contribution in [2.75, 3.05) is 5.73 Å². The molecule has 1 heterocycles. The number of nitrogens with two attached hydrogens (primary N) is 1. The van der Waals surface area contributed by atoms with Gasteiger partial charge in [0, 0.05) is 5.92 Å². The Bertz CT molecular complexity index is 676. The van der Waals surface area contributed by atoms with E-state index in [4.69, 9.17) is 10.5 Å². The third kappa shape index (κ3) is 2.93. The van der Waals surface area contributed by atoms with Crippen LogP contribution in [-0.2, 0) is 9.53 Å². The Morgan fingerprint density at radius 2 is 2.00 bits per heavy atom. The molecule has 1 aromatic carbocycles. The van der Waals surface area contributed by atoms with E-state index in [9.17, 15) is 4.79 Å². The molecule has 0 saturated carbocycles. The quantitative estimate of drug-likeness (QED) is 0.676. The third-order valence-electron chi connectivity index (χ3n) is 3.92. The highest BCUT2D eigenvalue weighted by Crippen LogP contribution is 2.29. The lowest BCUT2D eigenvalue weighted by Crippen LogP contribution is -2.24. The Balaban J connectivity index is 2.51. The molecule has 2 atom stereocenters. The SMILES string of the molecule is CCC(C)OC(=O)C(C)n1c(C(C)C)nc2c(N)cccc21. The van der Waals surface area contributed by atoms with Crippen LogP contribution < -0.4 is 5.73 Å². The van der Waals surface area contributed by atoms with E-state index in [0.717, 1.165) is 23.3 Å². The Morgan fingerprint density at radius 1 is 1.32 bits per heavy atom. The molecule has 0 saturated heterocycles. The van der Waals surface area contributed by atoms with Crippen molar-refractivity contribution in [3.8, 4) is 0 Å². The molecule has 5 heteroatoms. The highest BCUT2D eigenvalue weighted by molar-refractivity contribution is 5.89. The molecule has 120 valence electrons. The number of benzene rings is 1. The summed E-state index contributed by atoms with van der Waals surface area (Å²) in [6.45, 7) is 9.86. The zero-order chi connectivity index (χ0) is 16.4. The molecule has 2 aromatic rings. The normalized spacial score (nSPS) is 14.3. The molecule has 0 aliphatic carbocycles. The van der Waals surface area contributed by atoms with Crippen LogP contribution in [-0.4, -0.2) is 21.6 Å². The average molecular weight is 303 g/mol. The Kier molecular flexibility index (Phi) is 4.74. The molecule has 2 rings (SSSR count). The molecule has 0 aliphatic heterocycles. The summed E-state index contributed by atoms with van der Waals surface area (Å²) in [5, 5.41) is 0. The van der Waals surface area contributed by atoms with Crippen molar-refractivity contribution in [1.82, 2.24) is 9.55 Å². The summed E-state index contributed by atoms with van der Waals surface area (Å²) in [5.41, 5.74) is 8.27. The number of aromatic nitrogens is 2. The molecule has 0 aliphatic rings. The minimum atomic E-state index is -0.432. The predicted octanol–water partition coefficient (Wildman–Crippen LogP) is 3.64. The van der Waals surface area contributed by atoms with E-state index in [1.54, 1.807) is 0 Å². The number of esters is 1. The smallest absolute Gasteiger partial charge is 0.329 e. The molecule has 1 aromatic heterocycles. The molecule has 0 radical (unpaired) electrons. The molecular weight excluding hydrogens is 278 g/mol. The lowest BCUT2D eigenvalue weighted by molar-refractivity contribution is -0.151. The van der Waals surface area contributed by atoms with Gasteiger partial charge in [-0.1, -0.05) is 26.8 Å². The number of anilines is 1. The number of imidazole rings is 1. The second kappa shape index (κ2) is 6.38. The van der Waals surface area contributed by atoms with Gasteiger partial charge in [0.15, 0.2) is 0 Å². The first kappa shape index (κ1) is 16.3. The lowest BCUT2D eigenvalue weighted by Gasteiger charge is -2.20. The monoisotopic (exact) mass is 303 g/mol. The van der Waals surface area contributed by atoms with Crippen molar-refractivity contribution in [2.45, 2.75) is 59.1 Å². The number of rotatable bonds is 5. The van der Waals surface area contributed by atoms with Crippen molar-refractivity contribution in [1.29, 1.82) is 0 Å². The van der Waals surface area contributed by atoms with Crippen molar-refractivity contribution in [3.63, 3.8) is 0 Å². The van der Waals surface area contributed by atoms with Gasteiger partial charge in [0.25, 0.3) is 0 Å². The molecule has 0 fully saturated rings. The van der Waals surface area contributed by atoms with Gasteiger partial charge in [0.1, 0.15) is 17.4 Å². The van der Waals surface area contributed by atoms with Gasteiger partial charge >= 0.3 is 5.97 Å².